The van der Waals surface area contributed by atoms with Gasteiger partial charge in [-0.05, 0) is 12.1 Å². The topological polar surface area (TPSA) is 117 Å². The zero-order valence-electron chi connectivity index (χ0n) is 17.6. The maximum atomic E-state index is 12.3. The first kappa shape index (κ1) is 20.1. The predicted molar refractivity (Wildman–Crippen MR) is 115 cm³/mol. The summed E-state index contributed by atoms with van der Waals surface area (Å²) < 4.78 is 15.6. The lowest BCUT2D eigenvalue weighted by molar-refractivity contribution is -0.104. The number of pyridine rings is 2. The van der Waals surface area contributed by atoms with Crippen LogP contribution in [0.1, 0.15) is 5.56 Å². The molecule has 0 spiro atoms. The number of aromatic amines is 1. The van der Waals surface area contributed by atoms with Gasteiger partial charge in [0.05, 0.1) is 37.8 Å². The van der Waals surface area contributed by atoms with E-state index in [-0.39, 0.29) is 12.2 Å². The second-order valence-electron chi connectivity index (χ2n) is 7.68. The maximum absolute atomic E-state index is 12.3. The molecule has 0 aromatic carbocycles. The zero-order chi connectivity index (χ0) is 22.1. The average molecular weight is 434 g/mol. The molecular formula is C22H22N6O4. The Hall–Kier alpha value is -3.84. The molecule has 10 heteroatoms. The number of methoxy groups -OCH3 is 1. The molecule has 2 saturated heterocycles. The van der Waals surface area contributed by atoms with Crippen molar-refractivity contribution in [1.29, 1.82) is 5.26 Å². The summed E-state index contributed by atoms with van der Waals surface area (Å²) in [6.45, 7) is 3.47. The highest BCUT2D eigenvalue weighted by Gasteiger charge is 2.28. The Morgan fingerprint density at radius 3 is 2.75 bits per heavy atom. The molecule has 10 nitrogen and oxygen atoms in total. The number of fused-ring (bicyclic) bond motifs is 1. The highest BCUT2D eigenvalue weighted by molar-refractivity contribution is 5.94. The van der Waals surface area contributed by atoms with Gasteiger partial charge in [-0.3, -0.25) is 0 Å². The first-order valence-electron chi connectivity index (χ1n) is 10.4. The third-order valence-corrected chi connectivity index (χ3v) is 5.74. The number of rotatable bonds is 4. The molecule has 1 N–H and O–H groups in total. The number of carbonyl (C=O) groups excluding carboxylic acids is 1. The first-order chi connectivity index (χ1) is 15.7. The number of ether oxygens (including phenoxy) is 3. The zero-order valence-corrected chi connectivity index (χ0v) is 17.6. The van der Waals surface area contributed by atoms with E-state index in [0.29, 0.717) is 67.7 Å². The van der Waals surface area contributed by atoms with E-state index in [9.17, 15) is 10.1 Å². The molecule has 3 aromatic rings. The molecule has 3 aromatic heterocycles. The molecule has 5 heterocycles. The minimum Gasteiger partial charge on any atom is -0.495 e. The molecule has 1 amide bonds. The fraction of sp³-hybridized carbons (Fsp3) is 0.364. The summed E-state index contributed by atoms with van der Waals surface area (Å²) in [6, 6.07) is 7.77. The lowest BCUT2D eigenvalue weighted by atomic mass is 10.1. The van der Waals surface area contributed by atoms with Gasteiger partial charge in [-0.1, -0.05) is 0 Å². The lowest BCUT2D eigenvalue weighted by Crippen LogP contribution is -2.51. The van der Waals surface area contributed by atoms with Gasteiger partial charge in [0.1, 0.15) is 23.2 Å². The second kappa shape index (κ2) is 8.36. The molecule has 0 radical (unpaired) electrons. The Morgan fingerprint density at radius 1 is 1.25 bits per heavy atom. The molecule has 0 unspecified atom stereocenters. The molecule has 2 aliphatic rings. The Labute approximate surface area is 184 Å². The van der Waals surface area contributed by atoms with Crippen molar-refractivity contribution in [3.63, 3.8) is 0 Å². The van der Waals surface area contributed by atoms with Crippen LogP contribution in [0, 0.1) is 11.3 Å². The van der Waals surface area contributed by atoms with Gasteiger partial charge in [0.25, 0.3) is 0 Å². The Kier molecular flexibility index (Phi) is 5.25. The molecule has 2 fully saturated rings. The van der Waals surface area contributed by atoms with Crippen LogP contribution in [0.25, 0.3) is 22.4 Å². The van der Waals surface area contributed by atoms with Gasteiger partial charge in [-0.15, -0.1) is 0 Å². The third kappa shape index (κ3) is 3.67. The normalized spacial score (nSPS) is 16.5. The molecule has 0 bridgehead atoms. The van der Waals surface area contributed by atoms with Crippen LogP contribution in [0.4, 0.5) is 10.5 Å². The first-order valence-corrected chi connectivity index (χ1v) is 10.4. The van der Waals surface area contributed by atoms with Crippen LogP contribution in [-0.4, -0.2) is 78.6 Å². The number of aromatic nitrogens is 3. The van der Waals surface area contributed by atoms with Crippen LogP contribution in [0.2, 0.25) is 0 Å². The van der Waals surface area contributed by atoms with Crippen LogP contribution in [0.15, 0.2) is 30.6 Å². The predicted octanol–water partition coefficient (Wildman–Crippen LogP) is 2.16. The average Bonchev–Trinajstić information content (AvgIpc) is 3.25. The summed E-state index contributed by atoms with van der Waals surface area (Å²) in [6.07, 6.45) is 2.94. The number of nitriles is 1. The summed E-state index contributed by atoms with van der Waals surface area (Å²) in [4.78, 5) is 28.4. The van der Waals surface area contributed by atoms with E-state index in [0.717, 1.165) is 11.1 Å². The van der Waals surface area contributed by atoms with E-state index in [1.165, 1.54) is 7.11 Å². The third-order valence-electron chi connectivity index (χ3n) is 5.74. The van der Waals surface area contributed by atoms with Crippen molar-refractivity contribution in [3.8, 4) is 23.2 Å². The smallest absolute Gasteiger partial charge is 0.410 e. The van der Waals surface area contributed by atoms with Crippen molar-refractivity contribution in [3.05, 3.63) is 36.2 Å². The van der Waals surface area contributed by atoms with E-state index < -0.39 is 0 Å². The van der Waals surface area contributed by atoms with Crippen LogP contribution in [0.3, 0.4) is 0 Å². The van der Waals surface area contributed by atoms with Crippen LogP contribution in [0.5, 0.6) is 5.75 Å². The fourth-order valence-electron chi connectivity index (χ4n) is 3.90. The number of nitrogens with one attached hydrogen (secondary N) is 1. The summed E-state index contributed by atoms with van der Waals surface area (Å²) in [5.41, 5.74) is 3.41. The standard InChI is InChI=1S/C22H22N6O4/c1-30-15-8-14(10-23)20(25-11-15)18-9-17-19(2-3-24-21(17)26-18)27-4-6-28(7-5-27)22(29)32-16-12-31-13-16/h2-3,8-9,11,16H,4-7,12-13H2,1H3,(H,24,26). The van der Waals surface area contributed by atoms with Crippen LogP contribution >= 0.6 is 0 Å². The lowest BCUT2D eigenvalue weighted by Gasteiger charge is -2.37. The molecule has 5 rings (SSSR count). The van der Waals surface area contributed by atoms with Gasteiger partial charge in [0.15, 0.2) is 6.10 Å². The molecule has 0 saturated carbocycles. The summed E-state index contributed by atoms with van der Waals surface area (Å²) in [7, 11) is 1.54. The number of nitrogens with zero attached hydrogens (tertiary/aromatic N) is 5. The van der Waals surface area contributed by atoms with E-state index in [1.54, 1.807) is 23.4 Å². The van der Waals surface area contributed by atoms with Crippen molar-refractivity contribution < 1.29 is 19.0 Å². The van der Waals surface area contributed by atoms with Gasteiger partial charge >= 0.3 is 6.09 Å². The molecule has 0 aliphatic carbocycles. The fourth-order valence-corrected chi connectivity index (χ4v) is 3.90. The SMILES string of the molecule is COc1cnc(-c2cc3c(N4CCN(C(=O)OC5COC5)CC4)ccnc3[nH]2)c(C#N)c1. The van der Waals surface area contributed by atoms with E-state index >= 15 is 0 Å². The molecule has 0 atom stereocenters. The van der Waals surface area contributed by atoms with Crippen LogP contribution < -0.4 is 9.64 Å². The van der Waals surface area contributed by atoms with Crippen molar-refractivity contribution in [2.24, 2.45) is 0 Å². The van der Waals surface area contributed by atoms with Crippen molar-refractivity contribution in [2.75, 3.05) is 51.4 Å². The van der Waals surface area contributed by atoms with Gasteiger partial charge < -0.3 is 29.0 Å². The molecule has 164 valence electrons. The van der Waals surface area contributed by atoms with Crippen LogP contribution in [-0.2, 0) is 9.47 Å². The molecule has 32 heavy (non-hydrogen) atoms. The minimum absolute atomic E-state index is 0.122. The molecule has 2 aliphatic heterocycles. The highest BCUT2D eigenvalue weighted by atomic mass is 16.6. The van der Waals surface area contributed by atoms with E-state index in [1.807, 2.05) is 12.1 Å². The summed E-state index contributed by atoms with van der Waals surface area (Å²) >= 11 is 0. The van der Waals surface area contributed by atoms with Crippen molar-refractivity contribution in [2.45, 2.75) is 6.10 Å². The number of hydrogen-bond donors (Lipinski definition) is 1. The Morgan fingerprint density at radius 2 is 2.06 bits per heavy atom. The maximum Gasteiger partial charge on any atom is 0.410 e. The Bertz CT molecular complexity index is 1190. The number of hydrogen-bond acceptors (Lipinski definition) is 8. The second-order valence-corrected chi connectivity index (χ2v) is 7.68. The monoisotopic (exact) mass is 434 g/mol. The van der Waals surface area contributed by atoms with E-state index in [2.05, 4.69) is 25.9 Å². The largest absolute Gasteiger partial charge is 0.495 e. The van der Waals surface area contributed by atoms with E-state index in [4.69, 9.17) is 14.2 Å². The minimum atomic E-state index is -0.281. The van der Waals surface area contributed by atoms with Crippen molar-refractivity contribution in [1.82, 2.24) is 19.9 Å². The van der Waals surface area contributed by atoms with Gasteiger partial charge in [-0.25, -0.2) is 14.8 Å². The number of piperazine rings is 1. The van der Waals surface area contributed by atoms with Gasteiger partial charge in [0.2, 0.25) is 0 Å². The molecular weight excluding hydrogens is 412 g/mol. The quantitative estimate of drug-likeness (QED) is 0.664. The highest BCUT2D eigenvalue weighted by Crippen LogP contribution is 2.32. The number of anilines is 1. The summed E-state index contributed by atoms with van der Waals surface area (Å²) in [5, 5.41) is 10.5. The number of amides is 1. The van der Waals surface area contributed by atoms with Gasteiger partial charge in [0, 0.05) is 49.5 Å². The Balaban J connectivity index is 1.37. The summed E-state index contributed by atoms with van der Waals surface area (Å²) in [5.74, 6) is 0.529. The number of H-pyrrole nitrogens is 1. The van der Waals surface area contributed by atoms with Crippen molar-refractivity contribution >= 4 is 22.8 Å². The van der Waals surface area contributed by atoms with Gasteiger partial charge in [-0.2, -0.15) is 5.26 Å². The number of carbonyl (C=O) groups is 1.